The number of hydrogen-bond acceptors (Lipinski definition) is 4. The van der Waals surface area contributed by atoms with Gasteiger partial charge in [-0.25, -0.2) is 0 Å². The Balaban J connectivity index is 1.38. The van der Waals surface area contributed by atoms with Crippen LogP contribution >= 0.6 is 0 Å². The molecule has 2 aromatic heterocycles. The Morgan fingerprint density at radius 3 is 2.64 bits per heavy atom. The van der Waals surface area contributed by atoms with E-state index in [2.05, 4.69) is 20.6 Å². The van der Waals surface area contributed by atoms with Crippen molar-refractivity contribution in [3.8, 4) is 0 Å². The number of anilines is 1. The molecule has 2 aromatic rings. The van der Waals surface area contributed by atoms with Crippen LogP contribution in [0, 0.1) is 0 Å². The SMILES string of the molecule is O=C(Cc1ccnn1C1CCC1)Nc1cnn(C2CCC2)n1. The highest BCUT2D eigenvalue weighted by molar-refractivity contribution is 5.90. The van der Waals surface area contributed by atoms with Crippen molar-refractivity contribution in [2.45, 2.75) is 57.0 Å². The fourth-order valence-corrected chi connectivity index (χ4v) is 2.92. The Bertz CT molecular complexity index is 667. The van der Waals surface area contributed by atoms with Gasteiger partial charge in [0.25, 0.3) is 0 Å². The van der Waals surface area contributed by atoms with Crippen molar-refractivity contribution in [2.24, 2.45) is 0 Å². The largest absolute Gasteiger partial charge is 0.308 e. The van der Waals surface area contributed by atoms with Crippen LogP contribution in [0.15, 0.2) is 18.5 Å². The maximum Gasteiger partial charge on any atom is 0.231 e. The lowest BCUT2D eigenvalue weighted by atomic mass is 9.93. The van der Waals surface area contributed by atoms with Crippen LogP contribution in [0.5, 0.6) is 0 Å². The molecule has 0 aromatic carbocycles. The molecule has 7 nitrogen and oxygen atoms in total. The summed E-state index contributed by atoms with van der Waals surface area (Å²) in [5.41, 5.74) is 0.966. The summed E-state index contributed by atoms with van der Waals surface area (Å²) in [7, 11) is 0. The lowest BCUT2D eigenvalue weighted by Crippen LogP contribution is -2.23. The Hall–Kier alpha value is -2.18. The summed E-state index contributed by atoms with van der Waals surface area (Å²) in [5, 5.41) is 15.7. The summed E-state index contributed by atoms with van der Waals surface area (Å²) in [6.45, 7) is 0. The van der Waals surface area contributed by atoms with Crippen molar-refractivity contribution >= 4 is 11.7 Å². The Labute approximate surface area is 128 Å². The van der Waals surface area contributed by atoms with E-state index in [9.17, 15) is 4.79 Å². The van der Waals surface area contributed by atoms with E-state index < -0.39 is 0 Å². The number of rotatable bonds is 5. The summed E-state index contributed by atoms with van der Waals surface area (Å²) >= 11 is 0. The van der Waals surface area contributed by atoms with Gasteiger partial charge in [-0.05, 0) is 44.6 Å². The fourth-order valence-electron chi connectivity index (χ4n) is 2.92. The maximum atomic E-state index is 12.2. The van der Waals surface area contributed by atoms with Gasteiger partial charge < -0.3 is 5.32 Å². The predicted octanol–water partition coefficient (Wildman–Crippen LogP) is 2.11. The summed E-state index contributed by atoms with van der Waals surface area (Å²) in [4.78, 5) is 13.9. The zero-order chi connectivity index (χ0) is 14.9. The number of nitrogens with one attached hydrogen (secondary N) is 1. The topological polar surface area (TPSA) is 77.6 Å². The minimum atomic E-state index is -0.0678. The summed E-state index contributed by atoms with van der Waals surface area (Å²) in [5.74, 6) is 0.466. The van der Waals surface area contributed by atoms with Gasteiger partial charge in [0.05, 0.1) is 24.7 Å². The summed E-state index contributed by atoms with van der Waals surface area (Å²) < 4.78 is 1.99. The minimum absolute atomic E-state index is 0.0678. The molecule has 116 valence electrons. The predicted molar refractivity (Wildman–Crippen MR) is 80.4 cm³/mol. The third kappa shape index (κ3) is 2.51. The molecule has 2 aliphatic carbocycles. The standard InChI is InChI=1S/C15H20N6O/c22-15(9-13-7-8-16-20(13)11-3-1-4-11)18-14-10-17-21(19-14)12-5-2-6-12/h7-8,10-12H,1-6,9H2,(H,18,19,22). The number of nitrogens with zero attached hydrogens (tertiary/aromatic N) is 5. The van der Waals surface area contributed by atoms with Crippen LogP contribution in [0.25, 0.3) is 0 Å². The lowest BCUT2D eigenvalue weighted by molar-refractivity contribution is -0.115. The molecule has 22 heavy (non-hydrogen) atoms. The van der Waals surface area contributed by atoms with Crippen LogP contribution in [0.1, 0.15) is 56.3 Å². The molecule has 0 atom stereocenters. The molecule has 0 saturated heterocycles. The van der Waals surface area contributed by atoms with Crippen molar-refractivity contribution < 1.29 is 4.79 Å². The summed E-state index contributed by atoms with van der Waals surface area (Å²) in [6.07, 6.45) is 10.8. The molecule has 0 bridgehead atoms. The molecule has 4 rings (SSSR count). The van der Waals surface area contributed by atoms with Crippen LogP contribution < -0.4 is 5.32 Å². The van der Waals surface area contributed by atoms with Gasteiger partial charge in [-0.2, -0.15) is 15.0 Å². The molecule has 0 spiro atoms. The second-order valence-electron chi connectivity index (χ2n) is 6.21. The quantitative estimate of drug-likeness (QED) is 0.917. The first kappa shape index (κ1) is 13.5. The van der Waals surface area contributed by atoms with Crippen LogP contribution in [0.3, 0.4) is 0 Å². The second kappa shape index (κ2) is 5.55. The molecule has 7 heteroatoms. The average molecular weight is 300 g/mol. The lowest BCUT2D eigenvalue weighted by Gasteiger charge is -2.27. The fraction of sp³-hybridized carbons (Fsp3) is 0.600. The highest BCUT2D eigenvalue weighted by atomic mass is 16.1. The number of amides is 1. The minimum Gasteiger partial charge on any atom is -0.308 e. The van der Waals surface area contributed by atoms with Crippen LogP contribution in [-0.4, -0.2) is 30.7 Å². The molecule has 0 aliphatic heterocycles. The smallest absolute Gasteiger partial charge is 0.231 e. The highest BCUT2D eigenvalue weighted by Gasteiger charge is 2.24. The van der Waals surface area contributed by atoms with E-state index in [4.69, 9.17) is 0 Å². The number of hydrogen-bond donors (Lipinski definition) is 1. The second-order valence-corrected chi connectivity index (χ2v) is 6.21. The molecule has 1 amide bonds. The van der Waals surface area contributed by atoms with Gasteiger partial charge in [0.15, 0.2) is 5.82 Å². The zero-order valence-corrected chi connectivity index (χ0v) is 12.5. The van der Waals surface area contributed by atoms with Gasteiger partial charge in [0.1, 0.15) is 0 Å². The van der Waals surface area contributed by atoms with Crippen molar-refractivity contribution in [1.82, 2.24) is 24.8 Å². The van der Waals surface area contributed by atoms with Crippen LogP contribution in [-0.2, 0) is 11.2 Å². The van der Waals surface area contributed by atoms with E-state index in [1.807, 2.05) is 10.7 Å². The Morgan fingerprint density at radius 2 is 1.95 bits per heavy atom. The van der Waals surface area contributed by atoms with Gasteiger partial charge in [-0.1, -0.05) is 0 Å². The molecule has 2 fully saturated rings. The Kier molecular flexibility index (Phi) is 3.40. The van der Waals surface area contributed by atoms with Gasteiger partial charge in [-0.15, -0.1) is 5.10 Å². The van der Waals surface area contributed by atoms with E-state index in [0.717, 1.165) is 31.4 Å². The molecule has 0 unspecified atom stereocenters. The highest BCUT2D eigenvalue weighted by Crippen LogP contribution is 2.32. The van der Waals surface area contributed by atoms with E-state index in [1.165, 1.54) is 12.8 Å². The Morgan fingerprint density at radius 1 is 1.18 bits per heavy atom. The molecular weight excluding hydrogens is 280 g/mol. The first-order valence-electron chi connectivity index (χ1n) is 8.03. The first-order chi connectivity index (χ1) is 10.8. The molecule has 2 saturated carbocycles. The van der Waals surface area contributed by atoms with E-state index in [0.29, 0.717) is 24.3 Å². The average Bonchev–Trinajstić information content (AvgIpc) is 2.96. The molecule has 0 radical (unpaired) electrons. The third-order valence-electron chi connectivity index (χ3n) is 4.69. The van der Waals surface area contributed by atoms with Crippen molar-refractivity contribution in [3.05, 3.63) is 24.2 Å². The summed E-state index contributed by atoms with van der Waals surface area (Å²) in [6, 6.07) is 2.80. The van der Waals surface area contributed by atoms with Gasteiger partial charge >= 0.3 is 0 Å². The number of carbonyl (C=O) groups excluding carboxylic acids is 1. The molecule has 1 N–H and O–H groups in total. The van der Waals surface area contributed by atoms with Gasteiger partial charge in [-0.3, -0.25) is 9.48 Å². The van der Waals surface area contributed by atoms with E-state index >= 15 is 0 Å². The van der Waals surface area contributed by atoms with E-state index in [-0.39, 0.29) is 5.91 Å². The number of carbonyl (C=O) groups is 1. The van der Waals surface area contributed by atoms with E-state index in [1.54, 1.807) is 17.2 Å². The monoisotopic (exact) mass is 300 g/mol. The normalized spacial score (nSPS) is 18.7. The van der Waals surface area contributed by atoms with Crippen LogP contribution in [0.2, 0.25) is 0 Å². The van der Waals surface area contributed by atoms with Crippen molar-refractivity contribution in [2.75, 3.05) is 5.32 Å². The van der Waals surface area contributed by atoms with Gasteiger partial charge in [0, 0.05) is 11.9 Å². The third-order valence-corrected chi connectivity index (χ3v) is 4.69. The first-order valence-corrected chi connectivity index (χ1v) is 8.03. The van der Waals surface area contributed by atoms with Crippen molar-refractivity contribution in [3.63, 3.8) is 0 Å². The number of aromatic nitrogens is 5. The van der Waals surface area contributed by atoms with Crippen molar-refractivity contribution in [1.29, 1.82) is 0 Å². The maximum absolute atomic E-state index is 12.2. The molecular formula is C15H20N6O. The molecule has 2 heterocycles. The van der Waals surface area contributed by atoms with Crippen LogP contribution in [0.4, 0.5) is 5.82 Å². The van der Waals surface area contributed by atoms with Gasteiger partial charge in [0.2, 0.25) is 5.91 Å². The zero-order valence-electron chi connectivity index (χ0n) is 12.5. The molecule has 2 aliphatic rings.